The molecule has 0 aromatic carbocycles. The fourth-order valence-electron chi connectivity index (χ4n) is 4.04. The van der Waals surface area contributed by atoms with Crippen LogP contribution in [-0.2, 0) is 14.3 Å². The van der Waals surface area contributed by atoms with Gasteiger partial charge >= 0.3 is 0 Å². The first-order valence-corrected chi connectivity index (χ1v) is 8.08. The molecule has 2 heterocycles. The van der Waals surface area contributed by atoms with E-state index in [-0.39, 0.29) is 17.6 Å². The van der Waals surface area contributed by atoms with Gasteiger partial charge in [-0.05, 0) is 44.9 Å². The number of hydrogen-bond acceptors (Lipinski definition) is 3. The fraction of sp³-hybridized carbons (Fsp3) is 0.938. The third-order valence-electron chi connectivity index (χ3n) is 5.16. The summed E-state index contributed by atoms with van der Waals surface area (Å²) in [7, 11) is 0. The lowest BCUT2D eigenvalue weighted by atomic mass is 9.74. The number of rotatable bonds is 2. The molecule has 0 bridgehead atoms. The Morgan fingerprint density at radius 3 is 2.53 bits per heavy atom. The van der Waals surface area contributed by atoms with Crippen molar-refractivity contribution in [2.75, 3.05) is 13.2 Å². The molecule has 2 atom stereocenters. The smallest absolute Gasteiger partial charge is 0.164 e. The summed E-state index contributed by atoms with van der Waals surface area (Å²) < 4.78 is 11.8. The summed E-state index contributed by atoms with van der Waals surface area (Å²) in [4.78, 5) is 12.6. The first kappa shape index (κ1) is 13.6. The average Bonchev–Trinajstić information content (AvgIpc) is 2.48. The van der Waals surface area contributed by atoms with E-state index in [2.05, 4.69) is 0 Å². The van der Waals surface area contributed by atoms with Crippen molar-refractivity contribution in [3.63, 3.8) is 0 Å². The molecule has 3 aliphatic rings. The van der Waals surface area contributed by atoms with E-state index < -0.39 is 0 Å². The lowest BCUT2D eigenvalue weighted by molar-refractivity contribution is -0.154. The van der Waals surface area contributed by atoms with E-state index in [0.29, 0.717) is 5.78 Å². The van der Waals surface area contributed by atoms with Crippen LogP contribution in [0.15, 0.2) is 0 Å². The maximum atomic E-state index is 12.6. The third-order valence-corrected chi connectivity index (χ3v) is 5.16. The van der Waals surface area contributed by atoms with E-state index in [1.165, 1.54) is 19.3 Å². The van der Waals surface area contributed by atoms with E-state index in [1.54, 1.807) is 0 Å². The van der Waals surface area contributed by atoms with Crippen molar-refractivity contribution in [2.45, 2.75) is 75.9 Å². The molecule has 2 saturated heterocycles. The summed E-state index contributed by atoms with van der Waals surface area (Å²) in [5, 5.41) is 0. The van der Waals surface area contributed by atoms with Crippen LogP contribution in [0.4, 0.5) is 0 Å². The highest BCUT2D eigenvalue weighted by molar-refractivity contribution is 5.85. The lowest BCUT2D eigenvalue weighted by Crippen LogP contribution is -2.46. The van der Waals surface area contributed by atoms with Gasteiger partial charge in [-0.1, -0.05) is 19.3 Å². The van der Waals surface area contributed by atoms with Crippen molar-refractivity contribution in [1.29, 1.82) is 0 Å². The zero-order valence-electron chi connectivity index (χ0n) is 11.9. The number of carbonyl (C=O) groups is 1. The number of hydrogen-bond donors (Lipinski definition) is 0. The minimum Gasteiger partial charge on any atom is -0.375 e. The van der Waals surface area contributed by atoms with Crippen LogP contribution >= 0.6 is 0 Å². The molecule has 2 aliphatic heterocycles. The van der Waals surface area contributed by atoms with Gasteiger partial charge in [0.1, 0.15) is 6.10 Å². The van der Waals surface area contributed by atoms with Gasteiger partial charge in [-0.3, -0.25) is 4.79 Å². The van der Waals surface area contributed by atoms with Crippen molar-refractivity contribution < 1.29 is 14.3 Å². The zero-order valence-corrected chi connectivity index (χ0v) is 11.9. The predicted molar refractivity (Wildman–Crippen MR) is 73.1 cm³/mol. The van der Waals surface area contributed by atoms with Gasteiger partial charge in [0.25, 0.3) is 0 Å². The Balaban J connectivity index is 1.62. The molecule has 3 nitrogen and oxygen atoms in total. The third kappa shape index (κ3) is 3.03. The van der Waals surface area contributed by atoms with Gasteiger partial charge in [-0.2, -0.15) is 0 Å². The molecule has 0 amide bonds. The van der Waals surface area contributed by atoms with Crippen molar-refractivity contribution in [3.05, 3.63) is 0 Å². The van der Waals surface area contributed by atoms with Crippen LogP contribution in [0, 0.1) is 5.92 Å². The molecule has 1 spiro atoms. The number of carbonyl (C=O) groups excluding carboxylic acids is 1. The minimum absolute atomic E-state index is 0.0332. The molecule has 0 aromatic rings. The molecule has 19 heavy (non-hydrogen) atoms. The Labute approximate surface area is 116 Å². The second-order valence-electron chi connectivity index (χ2n) is 6.54. The molecular formula is C16H26O3. The van der Waals surface area contributed by atoms with E-state index in [4.69, 9.17) is 9.47 Å². The summed E-state index contributed by atoms with van der Waals surface area (Å²) in [6.45, 7) is 1.54. The monoisotopic (exact) mass is 266 g/mol. The van der Waals surface area contributed by atoms with E-state index in [9.17, 15) is 4.79 Å². The van der Waals surface area contributed by atoms with Crippen LogP contribution < -0.4 is 0 Å². The highest BCUT2D eigenvalue weighted by Gasteiger charge is 2.42. The summed E-state index contributed by atoms with van der Waals surface area (Å²) >= 11 is 0. The predicted octanol–water partition coefficient (Wildman–Crippen LogP) is 3.25. The van der Waals surface area contributed by atoms with Crippen LogP contribution in [-0.4, -0.2) is 30.7 Å². The number of ketones is 1. The molecule has 2 unspecified atom stereocenters. The van der Waals surface area contributed by atoms with Gasteiger partial charge in [-0.25, -0.2) is 0 Å². The Bertz CT molecular complexity index is 308. The van der Waals surface area contributed by atoms with Gasteiger partial charge < -0.3 is 9.47 Å². The molecule has 0 aromatic heterocycles. The van der Waals surface area contributed by atoms with Crippen LogP contribution in [0.5, 0.6) is 0 Å². The van der Waals surface area contributed by atoms with Crippen LogP contribution in [0.1, 0.15) is 64.2 Å². The Kier molecular flexibility index (Phi) is 4.23. The van der Waals surface area contributed by atoms with Crippen molar-refractivity contribution >= 4 is 5.78 Å². The van der Waals surface area contributed by atoms with Gasteiger partial charge in [0.05, 0.1) is 5.60 Å². The highest BCUT2D eigenvalue weighted by atomic mass is 16.5. The van der Waals surface area contributed by atoms with Crippen molar-refractivity contribution in [1.82, 2.24) is 0 Å². The van der Waals surface area contributed by atoms with Gasteiger partial charge in [0.15, 0.2) is 5.78 Å². The molecule has 1 aliphatic carbocycles. The number of ether oxygens (including phenoxy) is 2. The SMILES string of the molecule is O=C(C1CCOC2(CCCCC2)C1)C1CCCCO1. The van der Waals surface area contributed by atoms with Crippen LogP contribution in [0.3, 0.4) is 0 Å². The molecule has 108 valence electrons. The molecule has 0 N–H and O–H groups in total. The summed E-state index contributed by atoms with van der Waals surface area (Å²) in [5.74, 6) is 0.558. The standard InChI is InChI=1S/C16H26O3/c17-15(14-6-2-5-10-18-14)13-7-11-19-16(12-13)8-3-1-4-9-16/h13-14H,1-12H2. The summed E-state index contributed by atoms with van der Waals surface area (Å²) in [5.41, 5.74) is 0.0332. The highest BCUT2D eigenvalue weighted by Crippen LogP contribution is 2.41. The normalized spacial score (nSPS) is 35.2. The minimum atomic E-state index is -0.113. The van der Waals surface area contributed by atoms with Crippen LogP contribution in [0.2, 0.25) is 0 Å². The number of Topliss-reactive ketones (excluding diaryl/α,β-unsaturated/α-hetero) is 1. The zero-order chi connectivity index (χ0) is 13.1. The van der Waals surface area contributed by atoms with E-state index in [1.807, 2.05) is 0 Å². The quantitative estimate of drug-likeness (QED) is 0.769. The van der Waals surface area contributed by atoms with Crippen molar-refractivity contribution in [2.24, 2.45) is 5.92 Å². The molecule has 0 radical (unpaired) electrons. The fourth-order valence-corrected chi connectivity index (χ4v) is 4.04. The largest absolute Gasteiger partial charge is 0.375 e. The van der Waals surface area contributed by atoms with E-state index in [0.717, 1.165) is 58.2 Å². The molecule has 3 heteroatoms. The topological polar surface area (TPSA) is 35.5 Å². The lowest BCUT2D eigenvalue weighted by Gasteiger charge is -2.43. The molecule has 3 rings (SSSR count). The van der Waals surface area contributed by atoms with Gasteiger partial charge in [-0.15, -0.1) is 0 Å². The Morgan fingerprint density at radius 1 is 0.947 bits per heavy atom. The first-order chi connectivity index (χ1) is 9.29. The summed E-state index contributed by atoms with van der Waals surface area (Å²) in [6.07, 6.45) is 11.1. The Hall–Kier alpha value is -0.410. The molecule has 3 fully saturated rings. The average molecular weight is 266 g/mol. The summed E-state index contributed by atoms with van der Waals surface area (Å²) in [6, 6.07) is 0. The maximum absolute atomic E-state index is 12.6. The van der Waals surface area contributed by atoms with E-state index >= 15 is 0 Å². The maximum Gasteiger partial charge on any atom is 0.164 e. The first-order valence-electron chi connectivity index (χ1n) is 8.08. The second kappa shape index (κ2) is 5.92. The second-order valence-corrected chi connectivity index (χ2v) is 6.54. The van der Waals surface area contributed by atoms with Gasteiger partial charge in [0, 0.05) is 19.1 Å². The van der Waals surface area contributed by atoms with Gasteiger partial charge in [0.2, 0.25) is 0 Å². The molecular weight excluding hydrogens is 240 g/mol. The Morgan fingerprint density at radius 2 is 1.79 bits per heavy atom. The molecule has 1 saturated carbocycles. The van der Waals surface area contributed by atoms with Crippen LogP contribution in [0.25, 0.3) is 0 Å². The van der Waals surface area contributed by atoms with Crippen molar-refractivity contribution in [3.8, 4) is 0 Å².